The number of amides is 1. The van der Waals surface area contributed by atoms with Crippen LogP contribution in [0, 0.1) is 0 Å². The van der Waals surface area contributed by atoms with Gasteiger partial charge in [-0.2, -0.15) is 0 Å². The highest BCUT2D eigenvalue weighted by molar-refractivity contribution is 5.99. The Morgan fingerprint density at radius 3 is 2.82 bits per heavy atom. The Morgan fingerprint density at radius 2 is 2.12 bits per heavy atom. The van der Waals surface area contributed by atoms with Crippen molar-refractivity contribution in [3.05, 3.63) is 29.8 Å². The minimum absolute atomic E-state index is 0.00856. The highest BCUT2D eigenvalue weighted by Crippen LogP contribution is 2.18. The number of carbonyl (C=O) groups excluding carboxylic acids is 1. The van der Waals surface area contributed by atoms with E-state index in [1.165, 1.54) is 0 Å². The van der Waals surface area contributed by atoms with Crippen LogP contribution in [0.3, 0.4) is 0 Å². The molecule has 2 atom stereocenters. The van der Waals surface area contributed by atoms with Gasteiger partial charge in [-0.05, 0) is 26.0 Å². The van der Waals surface area contributed by atoms with E-state index in [0.29, 0.717) is 24.4 Å². The summed E-state index contributed by atoms with van der Waals surface area (Å²) >= 11 is 0. The lowest BCUT2D eigenvalue weighted by molar-refractivity contribution is -0.0386. The van der Waals surface area contributed by atoms with Crippen LogP contribution in [0.25, 0.3) is 0 Å². The zero-order chi connectivity index (χ0) is 12.4. The molecule has 1 fully saturated rings. The predicted molar refractivity (Wildman–Crippen MR) is 66.8 cm³/mol. The lowest BCUT2D eigenvalue weighted by atomic mass is 10.1. The highest BCUT2D eigenvalue weighted by atomic mass is 16.5. The number of hydrogen-bond acceptors (Lipinski definition) is 3. The molecule has 0 radical (unpaired) electrons. The predicted octanol–water partition coefficient (Wildman–Crippen LogP) is 1.52. The maximum Gasteiger partial charge on any atom is 0.256 e. The molecule has 4 heteroatoms. The quantitative estimate of drug-likeness (QED) is 0.749. The lowest BCUT2D eigenvalue weighted by Gasteiger charge is -2.37. The number of nitrogen functional groups attached to an aromatic ring is 1. The number of benzene rings is 1. The van der Waals surface area contributed by atoms with Crippen molar-refractivity contribution in [1.29, 1.82) is 0 Å². The summed E-state index contributed by atoms with van der Waals surface area (Å²) in [4.78, 5) is 14.2. The van der Waals surface area contributed by atoms with Crippen LogP contribution in [0.4, 0.5) is 5.69 Å². The smallest absolute Gasteiger partial charge is 0.256 e. The third kappa shape index (κ3) is 2.42. The first-order valence-electron chi connectivity index (χ1n) is 5.86. The zero-order valence-electron chi connectivity index (χ0n) is 10.2. The van der Waals surface area contributed by atoms with Gasteiger partial charge < -0.3 is 15.4 Å². The molecule has 2 unspecified atom stereocenters. The number of carbonyl (C=O) groups is 1. The van der Waals surface area contributed by atoms with Gasteiger partial charge in [0.1, 0.15) is 0 Å². The minimum Gasteiger partial charge on any atom is -0.398 e. The van der Waals surface area contributed by atoms with Crippen LogP contribution in [0.15, 0.2) is 24.3 Å². The van der Waals surface area contributed by atoms with Crippen molar-refractivity contribution in [2.45, 2.75) is 26.0 Å². The Bertz CT molecular complexity index is 420. The monoisotopic (exact) mass is 234 g/mol. The number of morpholine rings is 1. The summed E-state index contributed by atoms with van der Waals surface area (Å²) < 4.78 is 5.51. The van der Waals surface area contributed by atoms with E-state index in [-0.39, 0.29) is 18.1 Å². The molecule has 1 amide bonds. The molecule has 0 spiro atoms. The first-order valence-corrected chi connectivity index (χ1v) is 5.86. The molecule has 1 aliphatic rings. The van der Waals surface area contributed by atoms with E-state index in [2.05, 4.69) is 0 Å². The van der Waals surface area contributed by atoms with E-state index in [1.807, 2.05) is 30.9 Å². The number of para-hydroxylation sites is 1. The molecule has 17 heavy (non-hydrogen) atoms. The Hall–Kier alpha value is -1.55. The first-order chi connectivity index (χ1) is 8.09. The number of ether oxygens (including phenoxy) is 1. The van der Waals surface area contributed by atoms with Gasteiger partial charge in [-0.25, -0.2) is 0 Å². The highest BCUT2D eigenvalue weighted by Gasteiger charge is 2.28. The molecule has 4 nitrogen and oxygen atoms in total. The SMILES string of the molecule is CC1CN(C(=O)c2ccccc2N)C(C)CO1. The lowest BCUT2D eigenvalue weighted by Crippen LogP contribution is -2.50. The van der Waals surface area contributed by atoms with E-state index in [9.17, 15) is 4.79 Å². The van der Waals surface area contributed by atoms with Gasteiger partial charge in [-0.3, -0.25) is 4.79 Å². The van der Waals surface area contributed by atoms with Crippen molar-refractivity contribution in [3.63, 3.8) is 0 Å². The Morgan fingerprint density at radius 1 is 1.41 bits per heavy atom. The van der Waals surface area contributed by atoms with Crippen LogP contribution in [0.2, 0.25) is 0 Å². The molecule has 1 saturated heterocycles. The van der Waals surface area contributed by atoms with Crippen LogP contribution in [-0.2, 0) is 4.74 Å². The molecule has 92 valence electrons. The number of rotatable bonds is 1. The van der Waals surface area contributed by atoms with Crippen molar-refractivity contribution in [3.8, 4) is 0 Å². The Labute approximate surface area is 101 Å². The number of hydrogen-bond donors (Lipinski definition) is 1. The van der Waals surface area contributed by atoms with Gasteiger partial charge in [-0.15, -0.1) is 0 Å². The van der Waals surface area contributed by atoms with Gasteiger partial charge in [0.25, 0.3) is 5.91 Å². The second-order valence-electron chi connectivity index (χ2n) is 4.54. The second-order valence-corrected chi connectivity index (χ2v) is 4.54. The summed E-state index contributed by atoms with van der Waals surface area (Å²) in [6.07, 6.45) is 0.0834. The Kier molecular flexibility index (Phi) is 3.33. The van der Waals surface area contributed by atoms with Gasteiger partial charge in [0, 0.05) is 12.2 Å². The van der Waals surface area contributed by atoms with Crippen LogP contribution >= 0.6 is 0 Å². The molecular weight excluding hydrogens is 216 g/mol. The molecule has 0 bridgehead atoms. The summed E-state index contributed by atoms with van der Waals surface area (Å²) in [5.41, 5.74) is 6.94. The Balaban J connectivity index is 2.22. The molecule has 0 saturated carbocycles. The van der Waals surface area contributed by atoms with Crippen LogP contribution in [0.5, 0.6) is 0 Å². The standard InChI is InChI=1S/C13H18N2O2/c1-9-8-17-10(2)7-15(9)13(16)11-5-3-4-6-12(11)14/h3-6,9-10H,7-8,14H2,1-2H3. The molecule has 1 aromatic carbocycles. The molecule has 2 N–H and O–H groups in total. The number of anilines is 1. The van der Waals surface area contributed by atoms with Crippen molar-refractivity contribution in [2.75, 3.05) is 18.9 Å². The fourth-order valence-electron chi connectivity index (χ4n) is 2.03. The third-order valence-corrected chi connectivity index (χ3v) is 3.06. The molecule has 1 aromatic rings. The van der Waals surface area contributed by atoms with E-state index in [0.717, 1.165) is 0 Å². The summed E-state index contributed by atoms with van der Waals surface area (Å²) in [5.74, 6) is -0.00856. The van der Waals surface area contributed by atoms with Gasteiger partial charge in [0.15, 0.2) is 0 Å². The van der Waals surface area contributed by atoms with Crippen molar-refractivity contribution >= 4 is 11.6 Å². The molecule has 2 rings (SSSR count). The normalized spacial score (nSPS) is 24.7. The summed E-state index contributed by atoms with van der Waals surface area (Å²) in [5, 5.41) is 0. The molecule has 1 heterocycles. The van der Waals surface area contributed by atoms with Crippen LogP contribution < -0.4 is 5.73 Å². The minimum atomic E-state index is -0.00856. The van der Waals surface area contributed by atoms with E-state index in [1.54, 1.807) is 12.1 Å². The average molecular weight is 234 g/mol. The van der Waals surface area contributed by atoms with Crippen LogP contribution in [-0.4, -0.2) is 36.1 Å². The van der Waals surface area contributed by atoms with Gasteiger partial charge in [0.05, 0.1) is 24.3 Å². The summed E-state index contributed by atoms with van der Waals surface area (Å²) in [7, 11) is 0. The molecular formula is C13H18N2O2. The van der Waals surface area contributed by atoms with Crippen molar-refractivity contribution in [1.82, 2.24) is 4.90 Å². The zero-order valence-corrected chi connectivity index (χ0v) is 10.2. The van der Waals surface area contributed by atoms with E-state index >= 15 is 0 Å². The van der Waals surface area contributed by atoms with Crippen LogP contribution in [0.1, 0.15) is 24.2 Å². The molecule has 0 aliphatic carbocycles. The topological polar surface area (TPSA) is 55.6 Å². The number of nitrogens with two attached hydrogens (primary N) is 1. The second kappa shape index (κ2) is 4.75. The van der Waals surface area contributed by atoms with Crippen molar-refractivity contribution in [2.24, 2.45) is 0 Å². The van der Waals surface area contributed by atoms with Gasteiger partial charge in [-0.1, -0.05) is 12.1 Å². The fraction of sp³-hybridized carbons (Fsp3) is 0.462. The average Bonchev–Trinajstić information content (AvgIpc) is 2.32. The maximum absolute atomic E-state index is 12.4. The van der Waals surface area contributed by atoms with Crippen molar-refractivity contribution < 1.29 is 9.53 Å². The van der Waals surface area contributed by atoms with E-state index in [4.69, 9.17) is 10.5 Å². The fourth-order valence-corrected chi connectivity index (χ4v) is 2.03. The van der Waals surface area contributed by atoms with Gasteiger partial charge >= 0.3 is 0 Å². The summed E-state index contributed by atoms with van der Waals surface area (Å²) in [6, 6.07) is 7.28. The summed E-state index contributed by atoms with van der Waals surface area (Å²) in [6.45, 7) is 5.16. The molecule has 1 aliphatic heterocycles. The largest absolute Gasteiger partial charge is 0.398 e. The third-order valence-electron chi connectivity index (χ3n) is 3.06. The van der Waals surface area contributed by atoms with Gasteiger partial charge in [0.2, 0.25) is 0 Å². The maximum atomic E-state index is 12.4. The van der Waals surface area contributed by atoms with E-state index < -0.39 is 0 Å². The first kappa shape index (κ1) is 11.9. The number of nitrogens with zero attached hydrogens (tertiary/aromatic N) is 1. The molecule has 0 aromatic heterocycles.